The van der Waals surface area contributed by atoms with E-state index in [2.05, 4.69) is 9.97 Å². The molecule has 1 rings (SSSR count). The van der Waals surface area contributed by atoms with Crippen LogP contribution in [-0.2, 0) is 11.2 Å². The van der Waals surface area contributed by atoms with Crippen LogP contribution in [0.4, 0.5) is 4.70 Å². The van der Waals surface area contributed by atoms with Crippen molar-refractivity contribution in [1.82, 2.24) is 9.97 Å². The Kier molecular flexibility index (Phi) is 4.68. The molecule has 0 aliphatic heterocycles. The van der Waals surface area contributed by atoms with Crippen molar-refractivity contribution in [3.63, 3.8) is 0 Å². The second-order valence-electron chi connectivity index (χ2n) is 2.64. The third-order valence-electron chi connectivity index (χ3n) is 1.47. The van der Waals surface area contributed by atoms with Gasteiger partial charge in [-0.15, -0.1) is 0 Å². The molecule has 0 aromatic carbocycles. The van der Waals surface area contributed by atoms with Crippen LogP contribution in [0.15, 0.2) is 12.5 Å². The maximum absolute atomic E-state index is 10.2. The summed E-state index contributed by atoms with van der Waals surface area (Å²) in [6.45, 7) is 0. The molecule has 6 heteroatoms. The van der Waals surface area contributed by atoms with Crippen LogP contribution < -0.4 is 5.73 Å². The first-order valence-electron chi connectivity index (χ1n) is 3.63. The molecule has 0 saturated carbocycles. The number of halogens is 1. The summed E-state index contributed by atoms with van der Waals surface area (Å²) in [5, 5.41) is 8.41. The Bertz CT molecular complexity index is 250. The largest absolute Gasteiger partial charge is 0.481 e. The summed E-state index contributed by atoms with van der Waals surface area (Å²) in [6, 6.07) is -0.344. The lowest BCUT2D eigenvalue weighted by Crippen LogP contribution is -2.26. The smallest absolute Gasteiger partial charge is 0.304 e. The molecular weight excluding hydrogens is 177 g/mol. The van der Waals surface area contributed by atoms with E-state index in [1.54, 1.807) is 12.5 Å². The molecule has 5 nitrogen and oxygen atoms in total. The van der Waals surface area contributed by atoms with Crippen LogP contribution >= 0.6 is 0 Å². The normalized spacial score (nSPS) is 11.8. The van der Waals surface area contributed by atoms with Crippen LogP contribution in [0.1, 0.15) is 12.1 Å². The molecule has 74 valence electrons. The van der Waals surface area contributed by atoms with Crippen molar-refractivity contribution in [2.45, 2.75) is 18.9 Å². The van der Waals surface area contributed by atoms with Crippen molar-refractivity contribution in [3.8, 4) is 0 Å². The van der Waals surface area contributed by atoms with Crippen LogP contribution in [0.2, 0.25) is 0 Å². The molecule has 13 heavy (non-hydrogen) atoms. The van der Waals surface area contributed by atoms with E-state index in [9.17, 15) is 4.79 Å². The second-order valence-corrected chi connectivity index (χ2v) is 2.64. The van der Waals surface area contributed by atoms with Crippen molar-refractivity contribution in [3.05, 3.63) is 18.2 Å². The number of hydrogen-bond acceptors (Lipinski definition) is 3. The van der Waals surface area contributed by atoms with Gasteiger partial charge in [-0.25, -0.2) is 4.98 Å². The fraction of sp³-hybridized carbons (Fsp3) is 0.429. The molecular formula is C7H12FN3O2. The van der Waals surface area contributed by atoms with Crippen LogP contribution in [0.25, 0.3) is 0 Å². The highest BCUT2D eigenvalue weighted by molar-refractivity contribution is 5.67. The van der Waals surface area contributed by atoms with Gasteiger partial charge >= 0.3 is 5.97 Å². The van der Waals surface area contributed by atoms with Gasteiger partial charge in [-0.3, -0.25) is 9.50 Å². The van der Waals surface area contributed by atoms with E-state index in [0.717, 1.165) is 5.69 Å². The Labute approximate surface area is 74.3 Å². The quantitative estimate of drug-likeness (QED) is 0.617. The minimum atomic E-state index is -0.873. The predicted octanol–water partition coefficient (Wildman–Crippen LogP) is -0.0933. The minimum absolute atomic E-state index is 0. The fourth-order valence-corrected chi connectivity index (χ4v) is 0.975. The van der Waals surface area contributed by atoms with Crippen LogP contribution in [0, 0.1) is 0 Å². The van der Waals surface area contributed by atoms with Gasteiger partial charge in [-0.1, -0.05) is 0 Å². The molecule has 0 fully saturated rings. The lowest BCUT2D eigenvalue weighted by atomic mass is 10.1. The summed E-state index contributed by atoms with van der Waals surface area (Å²) in [4.78, 5) is 16.9. The molecule has 0 bridgehead atoms. The Balaban J connectivity index is 0.00000144. The van der Waals surface area contributed by atoms with E-state index in [0.29, 0.717) is 6.42 Å². The zero-order valence-corrected chi connectivity index (χ0v) is 6.93. The van der Waals surface area contributed by atoms with Gasteiger partial charge in [0.1, 0.15) is 0 Å². The van der Waals surface area contributed by atoms with Gasteiger partial charge in [0, 0.05) is 24.4 Å². The zero-order valence-electron chi connectivity index (χ0n) is 6.93. The molecule has 0 radical (unpaired) electrons. The number of aromatic nitrogens is 2. The second kappa shape index (κ2) is 5.26. The van der Waals surface area contributed by atoms with E-state index in [1.165, 1.54) is 0 Å². The first kappa shape index (κ1) is 11.6. The standard InChI is InChI=1S/C7H11N3O2.FH/c8-5(2-7(11)12)1-6-3-9-4-10-6;/h3-5H,1-2,8H2,(H,9,10)(H,11,12);1H/t5-;/m0./s1. The number of aromatic amines is 1. The monoisotopic (exact) mass is 189 g/mol. The highest BCUT2D eigenvalue weighted by Gasteiger charge is 2.08. The number of nitrogens with zero attached hydrogens (tertiary/aromatic N) is 1. The van der Waals surface area contributed by atoms with Gasteiger partial charge in [0.2, 0.25) is 0 Å². The summed E-state index contributed by atoms with van der Waals surface area (Å²) in [5.74, 6) is -0.873. The number of carbonyl (C=O) groups is 1. The van der Waals surface area contributed by atoms with E-state index in [-0.39, 0.29) is 17.2 Å². The van der Waals surface area contributed by atoms with E-state index >= 15 is 0 Å². The Morgan fingerprint density at radius 2 is 2.46 bits per heavy atom. The summed E-state index contributed by atoms with van der Waals surface area (Å²) >= 11 is 0. The number of rotatable bonds is 4. The lowest BCUT2D eigenvalue weighted by Gasteiger charge is -2.05. The molecule has 0 unspecified atom stereocenters. The third-order valence-corrected chi connectivity index (χ3v) is 1.47. The molecule has 0 spiro atoms. The lowest BCUT2D eigenvalue weighted by molar-refractivity contribution is -0.137. The van der Waals surface area contributed by atoms with Crippen LogP contribution in [-0.4, -0.2) is 27.1 Å². The van der Waals surface area contributed by atoms with Gasteiger partial charge in [0.05, 0.1) is 12.7 Å². The maximum atomic E-state index is 10.2. The average molecular weight is 189 g/mol. The first-order chi connectivity index (χ1) is 5.68. The minimum Gasteiger partial charge on any atom is -0.481 e. The number of H-pyrrole nitrogens is 1. The highest BCUT2D eigenvalue weighted by atomic mass is 19.0. The molecule has 0 aliphatic carbocycles. The van der Waals surface area contributed by atoms with E-state index < -0.39 is 5.97 Å². The summed E-state index contributed by atoms with van der Waals surface area (Å²) < 4.78 is 0. The molecule has 4 N–H and O–H groups in total. The van der Waals surface area contributed by atoms with Gasteiger partial charge in [-0.2, -0.15) is 0 Å². The van der Waals surface area contributed by atoms with Crippen LogP contribution in [0.5, 0.6) is 0 Å². The Morgan fingerprint density at radius 1 is 1.77 bits per heavy atom. The number of nitrogens with two attached hydrogens (primary N) is 1. The van der Waals surface area contributed by atoms with Crippen molar-refractivity contribution in [1.29, 1.82) is 0 Å². The number of hydrogen-bond donors (Lipinski definition) is 3. The molecule has 0 aliphatic rings. The van der Waals surface area contributed by atoms with E-state index in [4.69, 9.17) is 10.8 Å². The Hall–Kier alpha value is -1.43. The number of carboxylic acids is 1. The van der Waals surface area contributed by atoms with Gasteiger partial charge in [-0.05, 0) is 0 Å². The van der Waals surface area contributed by atoms with Gasteiger partial charge in [0.25, 0.3) is 0 Å². The predicted molar refractivity (Wildman–Crippen MR) is 45.0 cm³/mol. The molecule has 1 aromatic rings. The SMILES string of the molecule is F.N[C@H](CC(=O)O)Cc1cnc[nH]1. The van der Waals surface area contributed by atoms with Gasteiger partial charge in [0.15, 0.2) is 0 Å². The molecule has 0 saturated heterocycles. The van der Waals surface area contributed by atoms with Crippen molar-refractivity contribution in [2.24, 2.45) is 5.73 Å². The molecule has 1 heterocycles. The zero-order chi connectivity index (χ0) is 8.97. The molecule has 0 amide bonds. The first-order valence-corrected chi connectivity index (χ1v) is 3.63. The fourth-order valence-electron chi connectivity index (χ4n) is 0.975. The topological polar surface area (TPSA) is 92.0 Å². The van der Waals surface area contributed by atoms with E-state index in [1.807, 2.05) is 0 Å². The Morgan fingerprint density at radius 3 is 2.92 bits per heavy atom. The highest BCUT2D eigenvalue weighted by Crippen LogP contribution is 1.99. The van der Waals surface area contributed by atoms with Crippen molar-refractivity contribution in [2.75, 3.05) is 0 Å². The molecule has 1 atom stereocenters. The maximum Gasteiger partial charge on any atom is 0.304 e. The van der Waals surface area contributed by atoms with Crippen molar-refractivity contribution < 1.29 is 14.6 Å². The summed E-state index contributed by atoms with van der Waals surface area (Å²) in [7, 11) is 0. The summed E-state index contributed by atoms with van der Waals surface area (Å²) in [5.41, 5.74) is 6.40. The number of imidazole rings is 1. The summed E-state index contributed by atoms with van der Waals surface area (Å²) in [6.07, 6.45) is 3.69. The number of aliphatic carboxylic acids is 1. The van der Waals surface area contributed by atoms with Gasteiger partial charge < -0.3 is 15.8 Å². The average Bonchev–Trinajstić information content (AvgIpc) is 2.37. The number of carboxylic acid groups (broad SMARTS) is 1. The van der Waals surface area contributed by atoms with Crippen LogP contribution in [0.3, 0.4) is 0 Å². The number of nitrogens with one attached hydrogen (secondary N) is 1. The third kappa shape index (κ3) is 4.22. The molecule has 1 aromatic heterocycles. The van der Waals surface area contributed by atoms with Crippen molar-refractivity contribution >= 4 is 5.97 Å².